The predicted octanol–water partition coefficient (Wildman–Crippen LogP) is 1.08. The molecule has 0 spiro atoms. The van der Waals surface area contributed by atoms with Crippen molar-refractivity contribution in [1.29, 1.82) is 0 Å². The molecule has 5 nitrogen and oxygen atoms in total. The summed E-state index contributed by atoms with van der Waals surface area (Å²) in [6, 6.07) is 4.24. The zero-order valence-electron chi connectivity index (χ0n) is 10.7. The van der Waals surface area contributed by atoms with Crippen LogP contribution >= 0.6 is 0 Å². The van der Waals surface area contributed by atoms with Gasteiger partial charge in [-0.1, -0.05) is 6.07 Å². The highest BCUT2D eigenvalue weighted by molar-refractivity contribution is 7.89. The molecule has 2 atom stereocenters. The number of ether oxygens (including phenoxy) is 1. The van der Waals surface area contributed by atoms with E-state index in [9.17, 15) is 21.6 Å². The van der Waals surface area contributed by atoms with E-state index >= 15 is 0 Å². The lowest BCUT2D eigenvalue weighted by Gasteiger charge is -2.12. The first kappa shape index (κ1) is 14.6. The number of halogens is 3. The van der Waals surface area contributed by atoms with Crippen molar-refractivity contribution in [2.24, 2.45) is 11.8 Å². The average molecular weight is 322 g/mol. The monoisotopic (exact) mass is 322 g/mol. The number of hydrogen-bond acceptors (Lipinski definition) is 4. The second-order valence-electron chi connectivity index (χ2n) is 5.16. The number of hydrogen-bond donors (Lipinski definition) is 2. The van der Waals surface area contributed by atoms with Gasteiger partial charge in [0.15, 0.2) is 0 Å². The second kappa shape index (κ2) is 4.85. The van der Waals surface area contributed by atoms with Crippen molar-refractivity contribution in [3.63, 3.8) is 0 Å². The number of sulfonamides is 1. The van der Waals surface area contributed by atoms with Crippen molar-refractivity contribution in [3.8, 4) is 5.75 Å². The first-order valence-electron chi connectivity index (χ1n) is 6.35. The fourth-order valence-corrected chi connectivity index (χ4v) is 4.05. The second-order valence-corrected chi connectivity index (χ2v) is 6.87. The summed E-state index contributed by atoms with van der Waals surface area (Å²) in [4.78, 5) is -0.234. The van der Waals surface area contributed by atoms with Gasteiger partial charge in [0.25, 0.3) is 0 Å². The van der Waals surface area contributed by atoms with Crippen LogP contribution in [0.5, 0.6) is 5.75 Å². The van der Waals surface area contributed by atoms with Crippen LogP contribution in [0.15, 0.2) is 29.2 Å². The Morgan fingerprint density at radius 1 is 1.24 bits per heavy atom. The summed E-state index contributed by atoms with van der Waals surface area (Å²) in [6.07, 6.45) is -4.85. The quantitative estimate of drug-likeness (QED) is 0.870. The molecule has 1 aromatic carbocycles. The standard InChI is InChI=1S/C12H13F3N2O3S/c13-12(14,15)20-7-2-1-3-8(4-7)21(18,19)17-11-9-5-16-6-10(9)11/h1-4,9-11,16-17H,5-6H2. The molecule has 2 N–H and O–H groups in total. The highest BCUT2D eigenvalue weighted by Gasteiger charge is 2.54. The molecule has 1 aromatic rings. The molecule has 1 saturated carbocycles. The Balaban J connectivity index is 1.74. The van der Waals surface area contributed by atoms with Crippen LogP contribution in [0, 0.1) is 11.8 Å². The van der Waals surface area contributed by atoms with Gasteiger partial charge in [-0.05, 0) is 37.1 Å². The van der Waals surface area contributed by atoms with Gasteiger partial charge in [-0.2, -0.15) is 0 Å². The van der Waals surface area contributed by atoms with Crippen LogP contribution in [-0.2, 0) is 10.0 Å². The molecule has 2 fully saturated rings. The fourth-order valence-electron chi connectivity index (χ4n) is 2.68. The molecule has 2 aliphatic rings. The number of rotatable bonds is 4. The minimum atomic E-state index is -4.85. The Morgan fingerprint density at radius 3 is 2.52 bits per heavy atom. The van der Waals surface area contributed by atoms with Gasteiger partial charge in [-0.3, -0.25) is 0 Å². The van der Waals surface area contributed by atoms with Gasteiger partial charge in [0.1, 0.15) is 5.75 Å². The third-order valence-electron chi connectivity index (χ3n) is 3.73. The highest BCUT2D eigenvalue weighted by Crippen LogP contribution is 2.42. The van der Waals surface area contributed by atoms with Crippen LogP contribution in [-0.4, -0.2) is 33.9 Å². The zero-order valence-corrected chi connectivity index (χ0v) is 11.5. The molecular formula is C12H13F3N2O3S. The molecule has 0 aromatic heterocycles. The summed E-state index contributed by atoms with van der Waals surface area (Å²) in [5.41, 5.74) is 0. The first-order chi connectivity index (χ1) is 9.76. The molecular weight excluding hydrogens is 309 g/mol. The topological polar surface area (TPSA) is 67.4 Å². The summed E-state index contributed by atoms with van der Waals surface area (Å²) >= 11 is 0. The Bertz CT molecular complexity index is 637. The molecule has 0 amide bonds. The van der Waals surface area contributed by atoms with Crippen LogP contribution in [0.25, 0.3) is 0 Å². The first-order valence-corrected chi connectivity index (χ1v) is 7.83. The summed E-state index contributed by atoms with van der Waals surface area (Å²) in [5.74, 6) is -0.00759. The minimum absolute atomic E-state index is 0.136. The molecule has 0 radical (unpaired) electrons. The van der Waals surface area contributed by atoms with E-state index in [4.69, 9.17) is 0 Å². The van der Waals surface area contributed by atoms with E-state index < -0.39 is 22.1 Å². The number of benzene rings is 1. The molecule has 21 heavy (non-hydrogen) atoms. The van der Waals surface area contributed by atoms with Crippen molar-refractivity contribution in [1.82, 2.24) is 10.0 Å². The number of fused-ring (bicyclic) bond motifs is 1. The van der Waals surface area contributed by atoms with Crippen LogP contribution in [0.2, 0.25) is 0 Å². The maximum Gasteiger partial charge on any atom is 0.573 e. The van der Waals surface area contributed by atoms with Crippen molar-refractivity contribution < 1.29 is 26.3 Å². The van der Waals surface area contributed by atoms with Crippen molar-refractivity contribution >= 4 is 10.0 Å². The van der Waals surface area contributed by atoms with E-state index in [1.165, 1.54) is 12.1 Å². The van der Waals surface area contributed by atoms with Gasteiger partial charge in [0, 0.05) is 12.1 Å². The Hall–Kier alpha value is -1.32. The third kappa shape index (κ3) is 3.14. The van der Waals surface area contributed by atoms with Gasteiger partial charge >= 0.3 is 6.36 Å². The fraction of sp³-hybridized carbons (Fsp3) is 0.500. The average Bonchev–Trinajstić information content (AvgIpc) is 2.82. The lowest BCUT2D eigenvalue weighted by atomic mass is 10.3. The molecule has 1 aliphatic heterocycles. The van der Waals surface area contributed by atoms with Gasteiger partial charge in [0.2, 0.25) is 10.0 Å². The Kier molecular flexibility index (Phi) is 3.38. The van der Waals surface area contributed by atoms with E-state index in [0.29, 0.717) is 0 Å². The molecule has 0 bridgehead atoms. The molecule has 3 rings (SSSR count). The summed E-state index contributed by atoms with van der Waals surface area (Å²) in [5, 5.41) is 3.13. The lowest BCUT2D eigenvalue weighted by molar-refractivity contribution is -0.274. The van der Waals surface area contributed by atoms with Crippen molar-refractivity contribution in [3.05, 3.63) is 24.3 Å². The molecule has 1 heterocycles. The number of piperidine rings is 1. The Morgan fingerprint density at radius 2 is 1.90 bits per heavy atom. The van der Waals surface area contributed by atoms with Crippen LogP contribution in [0.1, 0.15) is 0 Å². The van der Waals surface area contributed by atoms with Gasteiger partial charge in [-0.15, -0.1) is 13.2 Å². The predicted molar refractivity (Wildman–Crippen MR) is 67.1 cm³/mol. The smallest absolute Gasteiger partial charge is 0.406 e. The van der Waals surface area contributed by atoms with Gasteiger partial charge in [0.05, 0.1) is 4.90 Å². The summed E-state index contributed by atoms with van der Waals surface area (Å²) < 4.78 is 67.0. The third-order valence-corrected chi connectivity index (χ3v) is 5.19. The molecule has 1 aliphatic carbocycles. The Labute approximate surface area is 119 Å². The van der Waals surface area contributed by atoms with E-state index in [0.717, 1.165) is 25.2 Å². The molecule has 2 unspecified atom stereocenters. The van der Waals surface area contributed by atoms with E-state index in [2.05, 4.69) is 14.8 Å². The maximum atomic E-state index is 12.2. The molecule has 116 valence electrons. The largest absolute Gasteiger partial charge is 0.573 e. The van der Waals surface area contributed by atoms with Crippen molar-refractivity contribution in [2.75, 3.05) is 13.1 Å². The summed E-state index contributed by atoms with van der Waals surface area (Å²) in [7, 11) is -3.84. The van der Waals surface area contributed by atoms with Gasteiger partial charge in [-0.25, -0.2) is 13.1 Å². The van der Waals surface area contributed by atoms with E-state index in [1.54, 1.807) is 0 Å². The SMILES string of the molecule is O=S(=O)(NC1C2CNCC21)c1cccc(OC(F)(F)F)c1. The minimum Gasteiger partial charge on any atom is -0.406 e. The normalized spacial score (nSPS) is 28.2. The number of alkyl halides is 3. The van der Waals surface area contributed by atoms with Crippen LogP contribution < -0.4 is 14.8 Å². The van der Waals surface area contributed by atoms with Crippen LogP contribution in [0.4, 0.5) is 13.2 Å². The molecule has 1 saturated heterocycles. The van der Waals surface area contributed by atoms with E-state index in [-0.39, 0.29) is 22.8 Å². The maximum absolute atomic E-state index is 12.2. The van der Waals surface area contributed by atoms with E-state index in [1.807, 2.05) is 0 Å². The highest BCUT2D eigenvalue weighted by atomic mass is 32.2. The molecule has 9 heteroatoms. The van der Waals surface area contributed by atoms with Gasteiger partial charge < -0.3 is 10.1 Å². The number of nitrogens with one attached hydrogen (secondary N) is 2. The lowest BCUT2D eigenvalue weighted by Crippen LogP contribution is -2.32. The summed E-state index contributed by atoms with van der Waals surface area (Å²) in [6.45, 7) is 1.52. The van der Waals surface area contributed by atoms with Crippen LogP contribution in [0.3, 0.4) is 0 Å². The zero-order chi connectivity index (χ0) is 15.3. The van der Waals surface area contributed by atoms with Crippen molar-refractivity contribution in [2.45, 2.75) is 17.3 Å².